The smallest absolute Gasteiger partial charge is 0.330 e. The number of halogens is 1. The van der Waals surface area contributed by atoms with Crippen molar-refractivity contribution in [3.05, 3.63) is 12.2 Å². The average Bonchev–Trinajstić information content (AvgIpc) is 2.24. The lowest BCUT2D eigenvalue weighted by molar-refractivity contribution is -0.232. The molecule has 0 unspecified atom stereocenters. The molecule has 0 aromatic rings. The van der Waals surface area contributed by atoms with Crippen molar-refractivity contribution >= 4 is 28.6 Å². The highest BCUT2D eigenvalue weighted by Crippen LogP contribution is 2.31. The summed E-state index contributed by atoms with van der Waals surface area (Å²) in [7, 11) is 1.52. The van der Waals surface area contributed by atoms with Crippen LogP contribution in [0.4, 0.5) is 0 Å². The van der Waals surface area contributed by atoms with E-state index in [9.17, 15) is 9.90 Å². The Labute approximate surface area is 101 Å². The monoisotopic (exact) mass is 326 g/mol. The second-order valence-corrected chi connectivity index (χ2v) is 4.84. The molecule has 2 aliphatic rings. The maximum Gasteiger partial charge on any atom is 0.330 e. The van der Waals surface area contributed by atoms with Gasteiger partial charge in [0.05, 0.1) is 3.92 Å². The van der Waals surface area contributed by atoms with Crippen molar-refractivity contribution in [1.29, 1.82) is 0 Å². The maximum atomic E-state index is 11.0. The lowest BCUT2D eigenvalue weighted by atomic mass is 9.99. The van der Waals surface area contributed by atoms with Crippen LogP contribution in [0.5, 0.6) is 0 Å². The van der Waals surface area contributed by atoms with Gasteiger partial charge < -0.3 is 19.3 Å². The van der Waals surface area contributed by atoms with Gasteiger partial charge in [-0.1, -0.05) is 22.6 Å². The van der Waals surface area contributed by atoms with Gasteiger partial charge in [-0.15, -0.1) is 0 Å². The average molecular weight is 326 g/mol. The first-order valence-corrected chi connectivity index (χ1v) is 5.77. The van der Waals surface area contributed by atoms with E-state index in [0.29, 0.717) is 0 Å². The molecule has 5 atom stereocenters. The van der Waals surface area contributed by atoms with Crippen molar-refractivity contribution in [3.8, 4) is 0 Å². The normalized spacial score (nSPS) is 44.7. The number of carbonyl (C=O) groups is 1. The molecule has 1 N–H and O–H groups in total. The van der Waals surface area contributed by atoms with E-state index in [2.05, 4.69) is 0 Å². The fourth-order valence-corrected chi connectivity index (χ4v) is 2.54. The molecule has 0 amide bonds. The molecule has 0 aromatic heterocycles. The molecule has 1 fully saturated rings. The summed E-state index contributed by atoms with van der Waals surface area (Å²) in [5.74, 6) is -0.446. The van der Waals surface area contributed by atoms with Gasteiger partial charge in [0.25, 0.3) is 0 Å². The third-order valence-electron chi connectivity index (χ3n) is 2.44. The van der Waals surface area contributed by atoms with E-state index >= 15 is 0 Å². The van der Waals surface area contributed by atoms with Gasteiger partial charge in [0.15, 0.2) is 12.4 Å². The third-order valence-corrected chi connectivity index (χ3v) is 3.77. The van der Waals surface area contributed by atoms with E-state index in [0.717, 1.165) is 0 Å². The van der Waals surface area contributed by atoms with Gasteiger partial charge in [-0.25, -0.2) is 4.79 Å². The van der Waals surface area contributed by atoms with Gasteiger partial charge in [0.1, 0.15) is 12.2 Å². The number of aliphatic hydroxyl groups is 1. The molecule has 0 aromatic carbocycles. The third kappa shape index (κ3) is 2.03. The van der Waals surface area contributed by atoms with E-state index in [1.54, 1.807) is 6.08 Å². The van der Waals surface area contributed by atoms with Crippen LogP contribution in [0, 0.1) is 0 Å². The Hall–Kier alpha value is -0.180. The van der Waals surface area contributed by atoms with Crippen LogP contribution in [0.25, 0.3) is 0 Å². The number of esters is 1. The van der Waals surface area contributed by atoms with Crippen LogP contribution in [0.1, 0.15) is 0 Å². The molecule has 2 heterocycles. The zero-order chi connectivity index (χ0) is 11.0. The Bertz CT molecular complexity index is 292. The number of methoxy groups -OCH3 is 1. The minimum absolute atomic E-state index is 0.256. The SMILES string of the molecule is CO[C@@H]1O[C@@H]2C=CC(=O)O[C@@H]2[C@H](O)[C@H]1I. The molecule has 2 rings (SSSR count). The summed E-state index contributed by atoms with van der Waals surface area (Å²) in [6.07, 6.45) is 0.582. The standard InChI is InChI=1S/C9H11IO5/c1-13-9-6(10)7(12)8-4(14-9)2-3-5(11)15-8/h2-4,6-9,12H,1H3/t4-,6-,7-,8+,9-/m1/s1. The van der Waals surface area contributed by atoms with E-state index in [1.165, 1.54) is 13.2 Å². The first-order chi connectivity index (χ1) is 7.13. The molecular weight excluding hydrogens is 315 g/mol. The molecule has 84 valence electrons. The largest absolute Gasteiger partial charge is 0.453 e. The highest BCUT2D eigenvalue weighted by atomic mass is 127. The maximum absolute atomic E-state index is 11.0. The Balaban J connectivity index is 2.18. The highest BCUT2D eigenvalue weighted by molar-refractivity contribution is 14.1. The van der Waals surface area contributed by atoms with E-state index in [4.69, 9.17) is 14.2 Å². The lowest BCUT2D eigenvalue weighted by Gasteiger charge is -2.41. The van der Waals surface area contributed by atoms with E-state index < -0.39 is 30.6 Å². The number of hydrogen-bond acceptors (Lipinski definition) is 5. The Morgan fingerprint density at radius 1 is 1.60 bits per heavy atom. The van der Waals surface area contributed by atoms with Crippen molar-refractivity contribution in [2.75, 3.05) is 7.11 Å². The van der Waals surface area contributed by atoms with Crippen LogP contribution >= 0.6 is 22.6 Å². The van der Waals surface area contributed by atoms with Gasteiger partial charge in [0.2, 0.25) is 0 Å². The first kappa shape index (κ1) is 11.3. The number of fused-ring (bicyclic) bond motifs is 1. The van der Waals surface area contributed by atoms with Gasteiger partial charge >= 0.3 is 5.97 Å². The molecule has 0 aliphatic carbocycles. The molecule has 15 heavy (non-hydrogen) atoms. The molecule has 0 spiro atoms. The van der Waals surface area contributed by atoms with E-state index in [1.807, 2.05) is 22.6 Å². The fraction of sp³-hybridized carbons (Fsp3) is 0.667. The quantitative estimate of drug-likeness (QED) is 0.418. The molecule has 0 radical (unpaired) electrons. The second-order valence-electron chi connectivity index (χ2n) is 3.40. The van der Waals surface area contributed by atoms with Crippen molar-refractivity contribution in [2.45, 2.75) is 28.5 Å². The number of rotatable bonds is 1. The minimum atomic E-state index is -0.775. The van der Waals surface area contributed by atoms with Crippen LogP contribution < -0.4 is 0 Å². The number of ether oxygens (including phenoxy) is 3. The summed E-state index contributed by atoms with van der Waals surface area (Å²) in [4.78, 5) is 11.0. The molecule has 2 aliphatic heterocycles. The molecule has 0 saturated carbocycles. The lowest BCUT2D eigenvalue weighted by Crippen LogP contribution is -2.57. The van der Waals surface area contributed by atoms with Gasteiger partial charge in [0, 0.05) is 13.2 Å². The van der Waals surface area contributed by atoms with Crippen LogP contribution in [0.2, 0.25) is 0 Å². The molecule has 0 bridgehead atoms. The molecular formula is C9H11IO5. The van der Waals surface area contributed by atoms with Crippen LogP contribution in [0.3, 0.4) is 0 Å². The predicted octanol–water partition coefficient (Wildman–Crippen LogP) is 0.00380. The summed E-state index contributed by atoms with van der Waals surface area (Å²) in [5.41, 5.74) is 0. The minimum Gasteiger partial charge on any atom is -0.453 e. The number of alkyl halides is 1. The van der Waals surface area contributed by atoms with Gasteiger partial charge in [-0.05, 0) is 6.08 Å². The van der Waals surface area contributed by atoms with Crippen molar-refractivity contribution in [1.82, 2.24) is 0 Å². The first-order valence-electron chi connectivity index (χ1n) is 4.52. The Morgan fingerprint density at radius 3 is 3.00 bits per heavy atom. The fourth-order valence-electron chi connectivity index (χ4n) is 1.67. The van der Waals surface area contributed by atoms with Gasteiger partial charge in [-0.2, -0.15) is 0 Å². The van der Waals surface area contributed by atoms with Crippen LogP contribution in [-0.2, 0) is 19.0 Å². The number of aliphatic hydroxyl groups excluding tert-OH is 1. The molecule has 5 nitrogen and oxygen atoms in total. The summed E-state index contributed by atoms with van der Waals surface area (Å²) in [6.45, 7) is 0. The number of hydrogen-bond donors (Lipinski definition) is 1. The summed E-state index contributed by atoms with van der Waals surface area (Å²) in [5, 5.41) is 9.91. The van der Waals surface area contributed by atoms with Crippen molar-refractivity contribution < 1.29 is 24.1 Å². The number of carbonyl (C=O) groups excluding carboxylic acids is 1. The predicted molar refractivity (Wildman–Crippen MR) is 58.5 cm³/mol. The van der Waals surface area contributed by atoms with Gasteiger partial charge in [-0.3, -0.25) is 0 Å². The van der Waals surface area contributed by atoms with Crippen molar-refractivity contribution in [2.24, 2.45) is 0 Å². The summed E-state index contributed by atoms with van der Waals surface area (Å²) in [6, 6.07) is 0. The zero-order valence-electron chi connectivity index (χ0n) is 8.00. The molecule has 6 heteroatoms. The summed E-state index contributed by atoms with van der Waals surface area (Å²) >= 11 is 2.03. The molecule has 1 saturated heterocycles. The van der Waals surface area contributed by atoms with Crippen LogP contribution in [0.15, 0.2) is 12.2 Å². The Kier molecular flexibility index (Phi) is 3.29. The summed E-state index contributed by atoms with van der Waals surface area (Å²) < 4.78 is 15.4. The topological polar surface area (TPSA) is 65.0 Å². The zero-order valence-corrected chi connectivity index (χ0v) is 10.2. The van der Waals surface area contributed by atoms with Crippen LogP contribution in [-0.4, -0.2) is 46.7 Å². The van der Waals surface area contributed by atoms with E-state index in [-0.39, 0.29) is 3.92 Å². The second kappa shape index (κ2) is 4.36. The van der Waals surface area contributed by atoms with Crippen molar-refractivity contribution in [3.63, 3.8) is 0 Å². The highest BCUT2D eigenvalue weighted by Gasteiger charge is 2.46. The Morgan fingerprint density at radius 2 is 2.33 bits per heavy atom.